The van der Waals surface area contributed by atoms with Gasteiger partial charge in [0.1, 0.15) is 0 Å². The van der Waals surface area contributed by atoms with Gasteiger partial charge >= 0.3 is 0 Å². The first-order valence-corrected chi connectivity index (χ1v) is 13.5. The van der Waals surface area contributed by atoms with Gasteiger partial charge < -0.3 is 14.4 Å². The highest BCUT2D eigenvalue weighted by Gasteiger charge is 2.32. The van der Waals surface area contributed by atoms with Crippen molar-refractivity contribution in [3.63, 3.8) is 0 Å². The predicted molar refractivity (Wildman–Crippen MR) is 133 cm³/mol. The van der Waals surface area contributed by atoms with Crippen LogP contribution in [0.4, 0.5) is 5.13 Å². The quantitative estimate of drug-likeness (QED) is 0.477. The number of benzene rings is 2. The van der Waals surface area contributed by atoms with E-state index in [1.165, 1.54) is 30.9 Å². The Balaban J connectivity index is 1.43. The van der Waals surface area contributed by atoms with Crippen molar-refractivity contribution in [1.82, 2.24) is 4.98 Å². The second-order valence-corrected chi connectivity index (χ2v) is 11.5. The Labute approximate surface area is 200 Å². The molecular formula is C25H30N2O4S2. The number of aryl methyl sites for hydroxylation is 2. The topological polar surface area (TPSA) is 68.7 Å². The SMILES string of the molecule is COc1ccc(S(=O)(=O)C2CCN(c3nc(Cc4c(C)cccc4C)cs3)CC2)cc1OC. The number of thiazole rings is 1. The molecule has 1 aliphatic heterocycles. The minimum absolute atomic E-state index is 0.281. The van der Waals surface area contributed by atoms with Gasteiger partial charge in [0, 0.05) is 31.0 Å². The summed E-state index contributed by atoms with van der Waals surface area (Å²) in [6.45, 7) is 5.62. The van der Waals surface area contributed by atoms with Gasteiger partial charge in [-0.05, 0) is 55.5 Å². The first-order valence-electron chi connectivity index (χ1n) is 11.0. The zero-order valence-corrected chi connectivity index (χ0v) is 21.1. The molecule has 1 saturated heterocycles. The number of anilines is 1. The van der Waals surface area contributed by atoms with Crippen LogP contribution in [-0.4, -0.2) is 46.0 Å². The lowest BCUT2D eigenvalue weighted by molar-refractivity contribution is 0.354. The van der Waals surface area contributed by atoms with Gasteiger partial charge in [0.15, 0.2) is 26.5 Å². The van der Waals surface area contributed by atoms with Crippen molar-refractivity contribution >= 4 is 26.3 Å². The number of methoxy groups -OCH3 is 2. The summed E-state index contributed by atoms with van der Waals surface area (Å²) in [6, 6.07) is 11.2. The van der Waals surface area contributed by atoms with E-state index in [4.69, 9.17) is 14.5 Å². The summed E-state index contributed by atoms with van der Waals surface area (Å²) in [6.07, 6.45) is 1.96. The molecule has 1 aromatic heterocycles. The van der Waals surface area contributed by atoms with Crippen LogP contribution in [0.15, 0.2) is 46.7 Å². The summed E-state index contributed by atoms with van der Waals surface area (Å²) < 4.78 is 37.0. The number of aromatic nitrogens is 1. The molecule has 3 aromatic rings. The minimum Gasteiger partial charge on any atom is -0.493 e. The second kappa shape index (κ2) is 9.73. The van der Waals surface area contributed by atoms with E-state index in [1.54, 1.807) is 29.5 Å². The molecular weight excluding hydrogens is 456 g/mol. The van der Waals surface area contributed by atoms with Crippen molar-refractivity contribution in [3.8, 4) is 11.5 Å². The third-order valence-electron chi connectivity index (χ3n) is 6.38. The van der Waals surface area contributed by atoms with Crippen molar-refractivity contribution in [3.05, 3.63) is 64.2 Å². The van der Waals surface area contributed by atoms with Crippen LogP contribution in [0, 0.1) is 13.8 Å². The van der Waals surface area contributed by atoms with E-state index >= 15 is 0 Å². The molecule has 0 amide bonds. The van der Waals surface area contributed by atoms with Crippen LogP contribution in [0.3, 0.4) is 0 Å². The molecule has 176 valence electrons. The van der Waals surface area contributed by atoms with E-state index in [-0.39, 0.29) is 4.90 Å². The molecule has 0 aliphatic carbocycles. The molecule has 1 fully saturated rings. The molecule has 33 heavy (non-hydrogen) atoms. The van der Waals surface area contributed by atoms with Crippen molar-refractivity contribution in [2.75, 3.05) is 32.2 Å². The Morgan fingerprint density at radius 2 is 1.70 bits per heavy atom. The first kappa shape index (κ1) is 23.6. The smallest absolute Gasteiger partial charge is 0.185 e. The lowest BCUT2D eigenvalue weighted by atomic mass is 9.99. The fraction of sp³-hybridized carbons (Fsp3) is 0.400. The molecule has 8 heteroatoms. The highest BCUT2D eigenvalue weighted by atomic mass is 32.2. The Morgan fingerprint density at radius 3 is 2.33 bits per heavy atom. The third kappa shape index (κ3) is 4.87. The zero-order chi connectivity index (χ0) is 23.6. The number of sulfone groups is 1. The zero-order valence-electron chi connectivity index (χ0n) is 19.5. The summed E-state index contributed by atoms with van der Waals surface area (Å²) >= 11 is 1.64. The molecule has 0 radical (unpaired) electrons. The highest BCUT2D eigenvalue weighted by molar-refractivity contribution is 7.92. The number of hydrogen-bond acceptors (Lipinski definition) is 7. The average molecular weight is 487 g/mol. The predicted octanol–water partition coefficient (Wildman–Crippen LogP) is 4.81. The van der Waals surface area contributed by atoms with E-state index in [0.717, 1.165) is 17.2 Å². The summed E-state index contributed by atoms with van der Waals surface area (Å²) in [5.41, 5.74) is 4.96. The van der Waals surface area contributed by atoms with E-state index in [2.05, 4.69) is 42.3 Å². The summed E-state index contributed by atoms with van der Waals surface area (Å²) in [7, 11) is -0.404. The van der Waals surface area contributed by atoms with Crippen molar-refractivity contribution in [2.24, 2.45) is 0 Å². The van der Waals surface area contributed by atoms with Crippen LogP contribution < -0.4 is 14.4 Å². The fourth-order valence-corrected chi connectivity index (χ4v) is 7.00. The van der Waals surface area contributed by atoms with Crippen molar-refractivity contribution in [1.29, 1.82) is 0 Å². The second-order valence-electron chi connectivity index (χ2n) is 8.42. The fourth-order valence-electron chi connectivity index (χ4n) is 4.38. The third-order valence-corrected chi connectivity index (χ3v) is 9.59. The van der Waals surface area contributed by atoms with Gasteiger partial charge in [-0.15, -0.1) is 11.3 Å². The van der Waals surface area contributed by atoms with Crippen LogP contribution in [0.5, 0.6) is 11.5 Å². The Kier molecular flexibility index (Phi) is 6.95. The van der Waals surface area contributed by atoms with Crippen LogP contribution in [0.25, 0.3) is 0 Å². The molecule has 0 unspecified atom stereocenters. The molecule has 4 rings (SSSR count). The van der Waals surface area contributed by atoms with Crippen LogP contribution in [0.2, 0.25) is 0 Å². The van der Waals surface area contributed by atoms with Gasteiger partial charge in [-0.1, -0.05) is 18.2 Å². The van der Waals surface area contributed by atoms with Crippen molar-refractivity contribution in [2.45, 2.75) is 43.3 Å². The lowest BCUT2D eigenvalue weighted by Gasteiger charge is -2.31. The van der Waals surface area contributed by atoms with Crippen molar-refractivity contribution < 1.29 is 17.9 Å². The maximum atomic E-state index is 13.2. The first-order chi connectivity index (χ1) is 15.8. The normalized spacial score (nSPS) is 15.0. The molecule has 2 aromatic carbocycles. The van der Waals surface area contributed by atoms with E-state index in [9.17, 15) is 8.42 Å². The van der Waals surface area contributed by atoms with Gasteiger partial charge in [0.25, 0.3) is 0 Å². The summed E-state index contributed by atoms with van der Waals surface area (Å²) in [4.78, 5) is 7.35. The molecule has 2 heterocycles. The molecule has 1 aliphatic rings. The summed E-state index contributed by atoms with van der Waals surface area (Å²) in [5.74, 6) is 0.946. The Hall–Kier alpha value is -2.58. The Morgan fingerprint density at radius 1 is 1.03 bits per heavy atom. The van der Waals surface area contributed by atoms with E-state index in [1.807, 2.05) is 0 Å². The molecule has 0 N–H and O–H groups in total. The van der Waals surface area contributed by atoms with Gasteiger partial charge in [0.2, 0.25) is 0 Å². The van der Waals surface area contributed by atoms with Crippen LogP contribution in [-0.2, 0) is 16.3 Å². The minimum atomic E-state index is -3.45. The largest absolute Gasteiger partial charge is 0.493 e. The van der Waals surface area contributed by atoms with Gasteiger partial charge in [0.05, 0.1) is 30.1 Å². The maximum Gasteiger partial charge on any atom is 0.185 e. The highest BCUT2D eigenvalue weighted by Crippen LogP contribution is 2.34. The molecule has 0 saturated carbocycles. The van der Waals surface area contributed by atoms with Gasteiger partial charge in [-0.25, -0.2) is 13.4 Å². The van der Waals surface area contributed by atoms with Gasteiger partial charge in [-0.2, -0.15) is 0 Å². The Bertz CT molecular complexity index is 1210. The number of nitrogens with zero attached hydrogens (tertiary/aromatic N) is 2. The number of hydrogen-bond donors (Lipinski definition) is 0. The number of rotatable bonds is 7. The molecule has 0 atom stereocenters. The molecule has 0 spiro atoms. The van der Waals surface area contributed by atoms with Crippen LogP contribution in [0.1, 0.15) is 35.2 Å². The monoisotopic (exact) mass is 486 g/mol. The average Bonchev–Trinajstić information content (AvgIpc) is 3.30. The van der Waals surface area contributed by atoms with E-state index in [0.29, 0.717) is 37.4 Å². The summed E-state index contributed by atoms with van der Waals surface area (Å²) in [5, 5.41) is 2.67. The number of ether oxygens (including phenoxy) is 2. The molecule has 0 bridgehead atoms. The van der Waals surface area contributed by atoms with Gasteiger partial charge in [-0.3, -0.25) is 0 Å². The van der Waals surface area contributed by atoms with E-state index < -0.39 is 15.1 Å². The lowest BCUT2D eigenvalue weighted by Crippen LogP contribution is -2.39. The number of piperidine rings is 1. The van der Waals surface area contributed by atoms with Crippen LogP contribution >= 0.6 is 11.3 Å². The maximum absolute atomic E-state index is 13.2. The molecule has 6 nitrogen and oxygen atoms in total. The standard InChI is InChI=1S/C25H30N2O4S2/c1-17-6-5-7-18(2)22(17)14-19-16-32-25(26-19)27-12-10-20(11-13-27)33(28,29)21-8-9-23(30-3)24(15-21)31-4/h5-9,15-16,20H,10-14H2,1-4H3.